The number of hydrogen-bond donors (Lipinski definition) is 0. The second-order valence-corrected chi connectivity index (χ2v) is 9.79. The van der Waals surface area contributed by atoms with Crippen LogP contribution in [0.5, 0.6) is 0 Å². The van der Waals surface area contributed by atoms with Crippen LogP contribution in [0.15, 0.2) is 0 Å². The van der Waals surface area contributed by atoms with Crippen LogP contribution in [0.25, 0.3) is 0 Å². The fourth-order valence-corrected chi connectivity index (χ4v) is 3.56. The molecule has 0 fully saturated rings. The largest absolute Gasteiger partial charge is 0.379 e. The Morgan fingerprint density at radius 1 is 0.289 bits per heavy atom. The molecule has 0 spiro atoms. The molecule has 0 atom stereocenters. The third-order valence-electron chi connectivity index (χ3n) is 4.74. The highest BCUT2D eigenvalue weighted by atomic mass is 127. The van der Waals surface area contributed by atoms with Crippen LogP contribution in [0.4, 0.5) is 0 Å². The highest BCUT2D eigenvalue weighted by Crippen LogP contribution is 2.02. The summed E-state index contributed by atoms with van der Waals surface area (Å²) in [5, 5.41) is 0.843. The van der Waals surface area contributed by atoms with Crippen molar-refractivity contribution in [3.8, 4) is 0 Å². The molecule has 0 aliphatic rings. The summed E-state index contributed by atoms with van der Waals surface area (Å²) in [5.74, 6) is 0. The summed E-state index contributed by atoms with van der Waals surface area (Å²) in [5.41, 5.74) is 0. The molecule has 0 aromatic rings. The van der Waals surface area contributed by atoms with E-state index in [9.17, 15) is 0 Å². The molecular weight excluding hydrogens is 679 g/mol. The van der Waals surface area contributed by atoms with Gasteiger partial charge in [0, 0.05) is 11.9 Å². The van der Waals surface area contributed by atoms with E-state index in [1.54, 1.807) is 0 Å². The minimum absolute atomic E-state index is 0.531. The second kappa shape index (κ2) is 37.8. The molecular formula is C26H52BrIO10. The minimum atomic E-state index is 0.531. The summed E-state index contributed by atoms with van der Waals surface area (Å²) in [6.45, 7) is 11.6. The number of unbranched alkanes of at least 4 members (excludes halogenated alkanes) is 3. The zero-order chi connectivity index (χ0) is 27.5. The Balaban J connectivity index is 3.01. The number of alkyl halides is 2. The van der Waals surface area contributed by atoms with E-state index in [1.807, 2.05) is 0 Å². The van der Waals surface area contributed by atoms with Gasteiger partial charge in [0.05, 0.1) is 126 Å². The zero-order valence-electron chi connectivity index (χ0n) is 23.2. The lowest BCUT2D eigenvalue weighted by Gasteiger charge is -2.09. The van der Waals surface area contributed by atoms with Gasteiger partial charge >= 0.3 is 0 Å². The van der Waals surface area contributed by atoms with E-state index in [0.717, 1.165) is 18.4 Å². The molecule has 0 rings (SSSR count). The first-order valence-corrected chi connectivity index (χ1v) is 16.5. The summed E-state index contributed by atoms with van der Waals surface area (Å²) >= 11 is 5.72. The van der Waals surface area contributed by atoms with Gasteiger partial charge in [-0.2, -0.15) is 0 Å². The maximum absolute atomic E-state index is 5.55. The van der Waals surface area contributed by atoms with Crippen molar-refractivity contribution in [2.45, 2.75) is 25.7 Å². The SMILES string of the molecule is BrCCOCCOCCOCCOCCOCCOCCOCCOCCOCCOCCCCCCI. The van der Waals surface area contributed by atoms with Crippen LogP contribution in [-0.4, -0.2) is 142 Å². The van der Waals surface area contributed by atoms with Gasteiger partial charge in [-0.1, -0.05) is 51.4 Å². The van der Waals surface area contributed by atoms with Crippen molar-refractivity contribution in [3.05, 3.63) is 0 Å². The number of halogens is 2. The van der Waals surface area contributed by atoms with E-state index < -0.39 is 0 Å². The molecule has 0 heterocycles. The Kier molecular flexibility index (Phi) is 38.6. The Bertz CT molecular complexity index is 380. The van der Waals surface area contributed by atoms with Crippen molar-refractivity contribution in [1.82, 2.24) is 0 Å². The summed E-state index contributed by atoms with van der Waals surface area (Å²) in [6.07, 6.45) is 4.99. The van der Waals surface area contributed by atoms with Crippen LogP contribution in [0.3, 0.4) is 0 Å². The summed E-state index contributed by atoms with van der Waals surface area (Å²) in [4.78, 5) is 0. The van der Waals surface area contributed by atoms with Crippen molar-refractivity contribution in [1.29, 1.82) is 0 Å². The van der Waals surface area contributed by atoms with Crippen LogP contribution in [0.1, 0.15) is 25.7 Å². The molecule has 0 amide bonds. The van der Waals surface area contributed by atoms with Gasteiger partial charge in [-0.05, 0) is 17.3 Å². The Hall–Kier alpha value is 0.810. The highest BCUT2D eigenvalue weighted by Gasteiger charge is 1.96. The molecule has 0 saturated carbocycles. The molecule has 0 radical (unpaired) electrons. The lowest BCUT2D eigenvalue weighted by Crippen LogP contribution is -2.15. The van der Waals surface area contributed by atoms with E-state index in [0.29, 0.717) is 126 Å². The summed E-state index contributed by atoms with van der Waals surface area (Å²) in [7, 11) is 0. The standard InChI is InChI=1S/C26H52BrIO10/c27-5-8-30-10-12-32-14-16-34-18-20-36-22-24-38-26-25-37-23-21-35-19-17-33-15-13-31-11-9-29-7-4-2-1-3-6-28/h1-26H2. The molecule has 10 nitrogen and oxygen atoms in total. The molecule has 0 saturated heterocycles. The van der Waals surface area contributed by atoms with E-state index >= 15 is 0 Å². The Labute approximate surface area is 252 Å². The van der Waals surface area contributed by atoms with E-state index in [-0.39, 0.29) is 0 Å². The molecule has 12 heteroatoms. The molecule has 38 heavy (non-hydrogen) atoms. The molecule has 0 aliphatic carbocycles. The average Bonchev–Trinajstić information content (AvgIpc) is 2.93. The molecule has 0 bridgehead atoms. The molecule has 0 N–H and O–H groups in total. The van der Waals surface area contributed by atoms with Crippen molar-refractivity contribution in [2.75, 3.05) is 142 Å². The first-order valence-electron chi connectivity index (χ1n) is 13.8. The quantitative estimate of drug-likeness (QED) is 0.0548. The molecule has 0 aliphatic heterocycles. The summed E-state index contributed by atoms with van der Waals surface area (Å²) in [6, 6.07) is 0. The predicted molar refractivity (Wildman–Crippen MR) is 159 cm³/mol. The third kappa shape index (κ3) is 36.8. The normalized spacial score (nSPS) is 11.5. The van der Waals surface area contributed by atoms with Gasteiger partial charge in [-0.3, -0.25) is 0 Å². The van der Waals surface area contributed by atoms with Gasteiger partial charge in [0.2, 0.25) is 0 Å². The van der Waals surface area contributed by atoms with Gasteiger partial charge in [0.1, 0.15) is 0 Å². The number of hydrogen-bond acceptors (Lipinski definition) is 10. The van der Waals surface area contributed by atoms with Gasteiger partial charge < -0.3 is 47.4 Å². The molecule has 230 valence electrons. The van der Waals surface area contributed by atoms with Crippen molar-refractivity contribution in [3.63, 3.8) is 0 Å². The van der Waals surface area contributed by atoms with E-state index in [2.05, 4.69) is 38.5 Å². The van der Waals surface area contributed by atoms with Crippen molar-refractivity contribution < 1.29 is 47.4 Å². The topological polar surface area (TPSA) is 92.3 Å². The second-order valence-electron chi connectivity index (χ2n) is 7.92. The summed E-state index contributed by atoms with van der Waals surface area (Å²) < 4.78 is 55.7. The van der Waals surface area contributed by atoms with E-state index in [1.165, 1.54) is 23.7 Å². The first kappa shape index (κ1) is 38.8. The highest BCUT2D eigenvalue weighted by molar-refractivity contribution is 14.1. The molecule has 0 aromatic heterocycles. The number of rotatable bonds is 35. The van der Waals surface area contributed by atoms with Crippen LogP contribution >= 0.6 is 38.5 Å². The fraction of sp³-hybridized carbons (Fsp3) is 1.00. The fourth-order valence-electron chi connectivity index (χ4n) is 2.79. The van der Waals surface area contributed by atoms with Gasteiger partial charge in [0.15, 0.2) is 0 Å². The predicted octanol–water partition coefficient (Wildman–Crippen LogP) is 3.54. The molecule has 0 unspecified atom stereocenters. The Morgan fingerprint density at radius 3 is 0.789 bits per heavy atom. The maximum Gasteiger partial charge on any atom is 0.0701 e. The third-order valence-corrected chi connectivity index (χ3v) is 5.83. The zero-order valence-corrected chi connectivity index (χ0v) is 27.0. The van der Waals surface area contributed by atoms with Crippen LogP contribution in [0.2, 0.25) is 0 Å². The monoisotopic (exact) mass is 730 g/mol. The average molecular weight is 732 g/mol. The Morgan fingerprint density at radius 2 is 0.526 bits per heavy atom. The maximum atomic E-state index is 5.55. The minimum Gasteiger partial charge on any atom is -0.379 e. The first-order chi connectivity index (χ1) is 18.9. The van der Waals surface area contributed by atoms with E-state index in [4.69, 9.17) is 47.4 Å². The van der Waals surface area contributed by atoms with Crippen LogP contribution in [0, 0.1) is 0 Å². The lowest BCUT2D eigenvalue weighted by atomic mass is 10.2. The smallest absolute Gasteiger partial charge is 0.0701 e. The van der Waals surface area contributed by atoms with Crippen LogP contribution in [-0.2, 0) is 47.4 Å². The molecule has 0 aromatic carbocycles. The van der Waals surface area contributed by atoms with Gasteiger partial charge in [0.25, 0.3) is 0 Å². The van der Waals surface area contributed by atoms with Crippen molar-refractivity contribution >= 4 is 38.5 Å². The van der Waals surface area contributed by atoms with Gasteiger partial charge in [-0.25, -0.2) is 0 Å². The van der Waals surface area contributed by atoms with Gasteiger partial charge in [-0.15, -0.1) is 0 Å². The lowest BCUT2D eigenvalue weighted by molar-refractivity contribution is -0.0262. The van der Waals surface area contributed by atoms with Crippen LogP contribution < -0.4 is 0 Å². The van der Waals surface area contributed by atoms with Crippen molar-refractivity contribution in [2.24, 2.45) is 0 Å². The number of ether oxygens (including phenoxy) is 10.